The van der Waals surface area contributed by atoms with Crippen molar-refractivity contribution in [2.75, 3.05) is 9.80 Å². The summed E-state index contributed by atoms with van der Waals surface area (Å²) in [6.45, 7) is 24.6. The molecule has 288 valence electrons. The molecule has 3 aliphatic heterocycles. The van der Waals surface area contributed by atoms with E-state index in [1.165, 1.54) is 115 Å². The molecule has 6 aromatic rings. The van der Waals surface area contributed by atoms with Crippen molar-refractivity contribution >= 4 is 72.3 Å². The molecule has 0 saturated heterocycles. The van der Waals surface area contributed by atoms with Crippen LogP contribution in [0.3, 0.4) is 0 Å². The van der Waals surface area contributed by atoms with Crippen LogP contribution in [0.2, 0.25) is 0 Å². The van der Waals surface area contributed by atoms with Crippen molar-refractivity contribution in [3.05, 3.63) is 119 Å². The van der Waals surface area contributed by atoms with Crippen LogP contribution in [0.4, 0.5) is 27.8 Å². The molecule has 4 heterocycles. The SMILES string of the molecule is Cc1cc2c3c(c1)N1c4c(cc(-c5ccccc5)cc4C4(C)CCCCC14C)B3c1c(sc3cc4c(cc13)C(C)(C)CCC4(C)C)N2c1ccc(C(C)(C)C)cc1. The highest BCUT2D eigenvalue weighted by molar-refractivity contribution is 7.26. The summed E-state index contributed by atoms with van der Waals surface area (Å²) in [5, 5.41) is 2.85. The molecule has 1 aromatic heterocycles. The number of nitrogens with zero attached hydrogens (tertiary/aromatic N) is 2. The van der Waals surface area contributed by atoms with E-state index in [4.69, 9.17) is 0 Å². The van der Waals surface area contributed by atoms with Gasteiger partial charge in [-0.3, -0.25) is 0 Å². The van der Waals surface area contributed by atoms with Crippen molar-refractivity contribution < 1.29 is 0 Å². The first-order valence-electron chi connectivity index (χ1n) is 21.7. The predicted octanol–water partition coefficient (Wildman–Crippen LogP) is 12.9. The van der Waals surface area contributed by atoms with E-state index in [0.717, 1.165) is 0 Å². The van der Waals surface area contributed by atoms with Crippen LogP contribution in [-0.2, 0) is 21.7 Å². The molecule has 11 rings (SSSR count). The van der Waals surface area contributed by atoms with Crippen molar-refractivity contribution in [2.45, 2.75) is 135 Å². The number of benzene rings is 5. The minimum atomic E-state index is -0.0188. The molecule has 2 unspecified atom stereocenters. The van der Waals surface area contributed by atoms with Crippen LogP contribution < -0.4 is 26.2 Å². The largest absolute Gasteiger partial charge is 0.335 e. The summed E-state index contributed by atoms with van der Waals surface area (Å²) in [4.78, 5) is 5.57. The van der Waals surface area contributed by atoms with Gasteiger partial charge >= 0.3 is 0 Å². The van der Waals surface area contributed by atoms with Gasteiger partial charge in [0.2, 0.25) is 0 Å². The third-order valence-corrected chi connectivity index (χ3v) is 17.0. The molecule has 0 bridgehead atoms. The van der Waals surface area contributed by atoms with Gasteiger partial charge in [-0.1, -0.05) is 117 Å². The zero-order valence-corrected chi connectivity index (χ0v) is 36.6. The van der Waals surface area contributed by atoms with Gasteiger partial charge in [-0.15, -0.1) is 11.3 Å². The Bertz CT molecular complexity index is 2680. The predicted molar refractivity (Wildman–Crippen MR) is 248 cm³/mol. The van der Waals surface area contributed by atoms with Crippen molar-refractivity contribution in [1.29, 1.82) is 0 Å². The fourth-order valence-corrected chi connectivity index (χ4v) is 13.5. The van der Waals surface area contributed by atoms with Crippen molar-refractivity contribution in [2.24, 2.45) is 0 Å². The van der Waals surface area contributed by atoms with Gasteiger partial charge in [-0.05, 0) is 159 Å². The molecule has 5 aromatic carbocycles. The first-order chi connectivity index (χ1) is 27.0. The number of aryl methyl sites for hydroxylation is 1. The molecule has 2 atom stereocenters. The van der Waals surface area contributed by atoms with Crippen molar-refractivity contribution in [3.63, 3.8) is 0 Å². The number of anilines is 5. The summed E-state index contributed by atoms with van der Waals surface area (Å²) >= 11 is 2.03. The molecule has 2 aliphatic carbocycles. The average molecular weight is 765 g/mol. The Morgan fingerprint density at radius 1 is 0.649 bits per heavy atom. The highest BCUT2D eigenvalue weighted by Crippen LogP contribution is 2.63. The van der Waals surface area contributed by atoms with E-state index in [2.05, 4.69) is 170 Å². The van der Waals surface area contributed by atoms with Crippen molar-refractivity contribution in [1.82, 2.24) is 0 Å². The lowest BCUT2D eigenvalue weighted by molar-refractivity contribution is 0.195. The van der Waals surface area contributed by atoms with Gasteiger partial charge in [-0.25, -0.2) is 0 Å². The summed E-state index contributed by atoms with van der Waals surface area (Å²) in [6.07, 6.45) is 7.42. The highest BCUT2D eigenvalue weighted by atomic mass is 32.1. The van der Waals surface area contributed by atoms with Gasteiger partial charge < -0.3 is 9.80 Å². The van der Waals surface area contributed by atoms with Crippen LogP contribution in [0.25, 0.3) is 21.2 Å². The molecule has 57 heavy (non-hydrogen) atoms. The molecule has 0 N–H and O–H groups in total. The van der Waals surface area contributed by atoms with Gasteiger partial charge in [0.25, 0.3) is 6.71 Å². The molecular weight excluding hydrogens is 707 g/mol. The fraction of sp³-hybridized carbons (Fsp3) is 0.396. The monoisotopic (exact) mass is 764 g/mol. The Hall–Kier alpha value is -4.28. The van der Waals surface area contributed by atoms with E-state index in [9.17, 15) is 0 Å². The summed E-state index contributed by atoms with van der Waals surface area (Å²) < 4.78 is 1.43. The first-order valence-corrected chi connectivity index (χ1v) is 22.5. The normalized spacial score (nSPS) is 23.5. The van der Waals surface area contributed by atoms with Crippen LogP contribution in [0.1, 0.15) is 129 Å². The van der Waals surface area contributed by atoms with E-state index in [0.29, 0.717) is 0 Å². The van der Waals surface area contributed by atoms with E-state index >= 15 is 0 Å². The number of rotatable bonds is 2. The Labute approximate surface area is 345 Å². The third-order valence-electron chi connectivity index (χ3n) is 15.9. The lowest BCUT2D eigenvalue weighted by atomic mass is 9.33. The second-order valence-corrected chi connectivity index (χ2v) is 22.3. The summed E-state index contributed by atoms with van der Waals surface area (Å²) in [5.74, 6) is 0. The maximum atomic E-state index is 2.89. The van der Waals surface area contributed by atoms with E-state index < -0.39 is 0 Å². The molecule has 0 amide bonds. The van der Waals surface area contributed by atoms with Crippen LogP contribution in [0.5, 0.6) is 0 Å². The van der Waals surface area contributed by atoms with Crippen LogP contribution in [0, 0.1) is 6.92 Å². The highest BCUT2D eigenvalue weighted by Gasteiger charge is 2.61. The Morgan fingerprint density at radius 3 is 2.02 bits per heavy atom. The second kappa shape index (κ2) is 11.5. The quantitative estimate of drug-likeness (QED) is 0.162. The maximum absolute atomic E-state index is 2.89. The number of hydrogen-bond acceptors (Lipinski definition) is 3. The first kappa shape index (κ1) is 35.9. The summed E-state index contributed by atoms with van der Waals surface area (Å²) in [7, 11) is 0. The van der Waals surface area contributed by atoms with E-state index in [1.54, 1.807) is 16.7 Å². The van der Waals surface area contributed by atoms with Crippen LogP contribution >= 0.6 is 11.3 Å². The Kier molecular flexibility index (Phi) is 7.21. The Balaban J connectivity index is 1.28. The van der Waals surface area contributed by atoms with Gasteiger partial charge in [0.15, 0.2) is 0 Å². The molecule has 4 heteroatoms. The number of hydrogen-bond donors (Lipinski definition) is 0. The molecule has 5 aliphatic rings. The topological polar surface area (TPSA) is 6.48 Å². The smallest absolute Gasteiger partial charge is 0.254 e. The molecule has 0 radical (unpaired) electrons. The minimum absolute atomic E-state index is 0.0188. The zero-order chi connectivity index (χ0) is 39.6. The third kappa shape index (κ3) is 4.71. The van der Waals surface area contributed by atoms with Crippen molar-refractivity contribution in [3.8, 4) is 11.1 Å². The van der Waals surface area contributed by atoms with Crippen LogP contribution in [0.15, 0.2) is 91.0 Å². The van der Waals surface area contributed by atoms with Gasteiger partial charge in [0.1, 0.15) is 0 Å². The lowest BCUT2D eigenvalue weighted by Crippen LogP contribution is -2.64. The number of thiophene rings is 1. The summed E-state index contributed by atoms with van der Waals surface area (Å²) in [5.41, 5.74) is 20.5. The fourth-order valence-electron chi connectivity index (χ4n) is 12.2. The van der Waals surface area contributed by atoms with Gasteiger partial charge in [0, 0.05) is 32.9 Å². The van der Waals surface area contributed by atoms with E-state index in [-0.39, 0.29) is 33.9 Å². The van der Waals surface area contributed by atoms with Gasteiger partial charge in [0.05, 0.1) is 10.5 Å². The molecule has 0 spiro atoms. The lowest BCUT2D eigenvalue weighted by Gasteiger charge is -2.52. The average Bonchev–Trinajstić information content (AvgIpc) is 3.64. The van der Waals surface area contributed by atoms with Gasteiger partial charge in [-0.2, -0.15) is 0 Å². The Morgan fingerprint density at radius 2 is 1.32 bits per heavy atom. The zero-order valence-electron chi connectivity index (χ0n) is 35.8. The summed E-state index contributed by atoms with van der Waals surface area (Å²) in [6, 6.07) is 36.4. The van der Waals surface area contributed by atoms with Crippen LogP contribution in [-0.4, -0.2) is 12.3 Å². The molecule has 1 fully saturated rings. The second-order valence-electron chi connectivity index (χ2n) is 21.2. The number of fused-ring (bicyclic) bond motifs is 10. The van der Waals surface area contributed by atoms with E-state index in [1.807, 2.05) is 11.3 Å². The minimum Gasteiger partial charge on any atom is -0.335 e. The molecular formula is C53H57BN2S. The molecule has 2 nitrogen and oxygen atoms in total. The molecule has 1 saturated carbocycles. The standard InChI is InChI=1S/C53H57BN2S/c1-32-26-42-46-43(27-32)56-47-40(52(9)22-14-15-23-53(52,56)10)28-34(33-16-12-11-13-17-33)29-41(47)54(46)45-37-30-38-39(51(7,8)25-24-50(38,5)6)31-44(37)57-48(45)55(42)36-20-18-35(19-21-36)49(2,3)4/h11-13,16-21,26-31H,14-15,22-25H2,1-10H3. The maximum Gasteiger partial charge on any atom is 0.254 e.